The van der Waals surface area contributed by atoms with Crippen molar-refractivity contribution in [1.82, 2.24) is 78.1 Å². The number of aliphatic hydroxyl groups is 1. The van der Waals surface area contributed by atoms with Crippen LogP contribution in [0.3, 0.4) is 0 Å². The number of halogens is 2. The van der Waals surface area contributed by atoms with Gasteiger partial charge < -0.3 is 91.0 Å². The molecule has 0 aliphatic carbocycles. The number of rotatable bonds is 36. The molecular formula is C85H112F2N22O25P2S2Si2. The van der Waals surface area contributed by atoms with E-state index in [1.54, 1.807) is 95.3 Å². The number of ether oxygens (including phenoxy) is 6. The van der Waals surface area contributed by atoms with Crippen LogP contribution in [0.1, 0.15) is 143 Å². The molecule has 4 fully saturated rings. The summed E-state index contributed by atoms with van der Waals surface area (Å²) in [5, 5.41) is 40.3. The van der Waals surface area contributed by atoms with Crippen molar-refractivity contribution in [2.45, 2.75) is 232 Å². The van der Waals surface area contributed by atoms with Crippen LogP contribution >= 0.6 is 13.4 Å². The molecule has 8 aromatic heterocycles. The number of aliphatic hydroxyl groups excluding tert-OH is 1. The number of carbonyl (C=O) groups excluding carboxylic acids is 4. The van der Waals surface area contributed by atoms with Gasteiger partial charge in [-0.15, -0.1) is 0 Å². The van der Waals surface area contributed by atoms with E-state index in [0.29, 0.717) is 11.1 Å². The fourth-order valence-corrected chi connectivity index (χ4v) is 21.2. The Balaban J connectivity index is 0.000000264. The van der Waals surface area contributed by atoms with Gasteiger partial charge in [0.1, 0.15) is 68.6 Å². The number of nitrogens with zero attached hydrogens (tertiary/aromatic N) is 16. The number of anilines is 4. The summed E-state index contributed by atoms with van der Waals surface area (Å²) in [5.41, 5.74) is -0.673. The Morgan fingerprint density at radius 3 is 1.20 bits per heavy atom. The first-order chi connectivity index (χ1) is 65.3. The summed E-state index contributed by atoms with van der Waals surface area (Å²) in [6.07, 6.45) is -18.7. The lowest BCUT2D eigenvalue weighted by atomic mass is 10.1. The van der Waals surface area contributed by atoms with Crippen molar-refractivity contribution < 1.29 is 117 Å². The van der Waals surface area contributed by atoms with Gasteiger partial charge in [-0.25, -0.2) is 71.4 Å². The van der Waals surface area contributed by atoms with Gasteiger partial charge in [-0.1, -0.05) is 127 Å². The smallest absolute Gasteiger partial charge is 0.450 e. The molecule has 0 radical (unpaired) electrons. The van der Waals surface area contributed by atoms with E-state index in [9.17, 15) is 53.7 Å². The molecule has 4 aliphatic heterocycles. The molecule has 14 rings (SSSR count). The summed E-state index contributed by atoms with van der Waals surface area (Å²) in [6, 6.07) is 16.9. The SMILES string of the molecule is C.C.[C-]#[N+]CCOP(=S)(OC[C@H]1O[C@@H](n2cnc3c(=O)[nH]c(NC(=O)C(C)C)nc32)C(OC(=O)O)[C@H]1O[Si](C)(C)C(C)(C)C)O[C@@H]1C(F)[C@H](n2cnc3c(NC(=O)c4ccccc4)ncnc32)O[C@@H]1CC.[C-]#[N+]CCOP(=S)(OC[C@H]1O[C@@H](n2cnc3c(=O)[nH]c(NC(=O)C(C)C)nc32)C(OC(=O)O)[C@H]1O[Si](C)(C)C(C)(C)C)O[C@@H]1C(F)[C@H](n2cnc3c(NC(=O)c4ccccc4)ncnc32)O[C@@H]1CO. The number of hydrogen-bond donors (Lipinski definition) is 9. The average molecular weight is 2060 g/mol. The molecule has 4 aliphatic rings. The summed E-state index contributed by atoms with van der Waals surface area (Å²) >= 11 is 11.8. The zero-order valence-electron chi connectivity index (χ0n) is 77.2. The molecule has 0 saturated carbocycles. The lowest BCUT2D eigenvalue weighted by Crippen LogP contribution is -2.50. The number of carbonyl (C=O) groups is 6. The number of nitrogens with one attached hydrogen (secondary N) is 6. The van der Waals surface area contributed by atoms with E-state index in [4.69, 9.17) is 101 Å². The average Bonchev–Trinajstić information content (AvgIpc) is 1.60. The number of alkyl halides is 2. The molecule has 6 unspecified atom stereocenters. The minimum atomic E-state index is -4.19. The number of amides is 4. The third kappa shape index (κ3) is 24.4. The van der Waals surface area contributed by atoms with E-state index < -0.39 is 217 Å². The number of imidazole rings is 4. The Morgan fingerprint density at radius 1 is 0.507 bits per heavy atom. The fourth-order valence-electron chi connectivity index (χ4n) is 14.4. The first-order valence-corrected chi connectivity index (χ1v) is 54.3. The van der Waals surface area contributed by atoms with Crippen molar-refractivity contribution >= 4 is 158 Å². The predicted molar refractivity (Wildman–Crippen MR) is 514 cm³/mol. The van der Waals surface area contributed by atoms with Crippen LogP contribution in [0.15, 0.2) is 108 Å². The highest BCUT2D eigenvalue weighted by molar-refractivity contribution is 8.07. The zero-order valence-corrected chi connectivity index (χ0v) is 82.7. The molecule has 12 heterocycles. The first-order valence-electron chi connectivity index (χ1n) is 43.4. The van der Waals surface area contributed by atoms with Crippen molar-refractivity contribution in [2.75, 3.05) is 67.4 Å². The second-order valence-electron chi connectivity index (χ2n) is 35.7. The Hall–Kier alpha value is -11.3. The molecule has 9 N–H and O–H groups in total. The summed E-state index contributed by atoms with van der Waals surface area (Å²) in [5.74, 6) is -2.99. The van der Waals surface area contributed by atoms with Crippen LogP contribution in [-0.2, 0) is 97.6 Å². The maximum absolute atomic E-state index is 17.0. The maximum atomic E-state index is 17.0. The summed E-state index contributed by atoms with van der Waals surface area (Å²) < 4.78 is 126. The Kier molecular flexibility index (Phi) is 35.3. The number of carboxylic acid groups (broad SMARTS) is 2. The van der Waals surface area contributed by atoms with Crippen LogP contribution in [0.2, 0.25) is 36.3 Å². The van der Waals surface area contributed by atoms with Crippen LogP contribution in [0.4, 0.5) is 41.9 Å². The van der Waals surface area contributed by atoms with Crippen molar-refractivity contribution in [1.29, 1.82) is 0 Å². The molecule has 4 saturated heterocycles. The molecule has 0 spiro atoms. The molecule has 140 heavy (non-hydrogen) atoms. The second-order valence-corrected chi connectivity index (χ2v) is 51.1. The summed E-state index contributed by atoms with van der Waals surface area (Å²) in [6.45, 7) is 31.6. The molecule has 10 aromatic rings. The van der Waals surface area contributed by atoms with Gasteiger partial charge in [0.05, 0.1) is 51.2 Å². The van der Waals surface area contributed by atoms with Crippen LogP contribution in [0.5, 0.6) is 0 Å². The molecule has 4 amide bonds. The standard InChI is InChI=1S/C42H53FN11O12PSSi.C41H51FN11O13PSSi.2CH4/c1-10-24-29(26(43)38(62-24)53-20-47-27-32(45-19-46-33(27)53)49-36(56)23-14-12-11-13-15-23)65-67(68,60-17-16-44-7)61-18-25-30(66-69(8,9)42(4,5)6)31(64-41(58)59)39(63-25)54-21-48-28-34(54)50-40(52-37(28)57)51-35(55)22(2)3;1-21(2)34(55)50-39-49-33-27(36(57)51-39)47-20-53(33)38-30(64-40(58)59)29(66-69(7,8)41(3,4)5)24(63-38)17-61-67(68,60-15-14-43-6)65-28-23(16-54)62-37(25(28)42)52-19-46-26-31(44-18-45-32(26)52)48-35(56)22-12-10-9-11-13-22;;/h11-15,19-22,24-26,29-31,38-39H,10,16-18H2,1-6,8-9H3,(H,58,59)(H,45,46,49,56)(H2,50,51,52,55,57);9-13,18-21,23-25,28-30,37-38,54H,14-17H2,1-5,7-8H3,(H,58,59)(H,44,45,48,56)(H2,49,50,51,55,57);2*1H4/t24-,25-,26?,29+,30+,31?,38-,39-,67?;23-,24-,25?,28+,29+,30?,37-,38-,67?;;/m11../s1. The van der Waals surface area contributed by atoms with Gasteiger partial charge in [-0.3, -0.25) is 76.7 Å². The van der Waals surface area contributed by atoms with Crippen LogP contribution < -0.4 is 32.4 Å². The van der Waals surface area contributed by atoms with Crippen molar-refractivity contribution in [3.05, 3.63) is 153 Å². The Bertz CT molecular complexity index is 6060. The predicted octanol–water partition coefficient (Wildman–Crippen LogP) is 12.6. The van der Waals surface area contributed by atoms with E-state index >= 15 is 8.78 Å². The summed E-state index contributed by atoms with van der Waals surface area (Å²) in [4.78, 5) is 157. The molecule has 47 nitrogen and oxygen atoms in total. The van der Waals surface area contributed by atoms with Gasteiger partial charge >= 0.3 is 25.7 Å². The van der Waals surface area contributed by atoms with Gasteiger partial charge in [0.15, 0.2) is 122 Å². The van der Waals surface area contributed by atoms with Gasteiger partial charge in [-0.05, 0) is 90.6 Å². The van der Waals surface area contributed by atoms with E-state index in [1.807, 2.05) is 67.7 Å². The minimum Gasteiger partial charge on any atom is -0.450 e. The fraction of sp³-hybridized carbons (Fsp3) is 0.529. The van der Waals surface area contributed by atoms with Crippen LogP contribution in [-0.4, -0.2) is 265 Å². The Morgan fingerprint density at radius 2 is 0.857 bits per heavy atom. The molecular weight excluding hydrogens is 1950 g/mol. The first kappa shape index (κ1) is 109. The van der Waals surface area contributed by atoms with Crippen molar-refractivity contribution in [2.24, 2.45) is 11.8 Å². The Labute approximate surface area is 813 Å². The topological polar surface area (TPSA) is 564 Å². The lowest BCUT2D eigenvalue weighted by Gasteiger charge is -2.40. The van der Waals surface area contributed by atoms with Crippen LogP contribution in [0.25, 0.3) is 54.3 Å². The molecule has 55 heteroatoms. The van der Waals surface area contributed by atoms with E-state index in [-0.39, 0.29) is 116 Å². The third-order valence-electron chi connectivity index (χ3n) is 23.6. The number of fused-ring (bicyclic) bond motifs is 4. The quantitative estimate of drug-likeness (QED) is 0.00579. The second kappa shape index (κ2) is 45.3. The highest BCUT2D eigenvalue weighted by Gasteiger charge is 2.58. The van der Waals surface area contributed by atoms with Gasteiger partial charge in [0.2, 0.25) is 36.8 Å². The molecule has 2 aromatic carbocycles. The molecule has 756 valence electrons. The summed E-state index contributed by atoms with van der Waals surface area (Å²) in [7, 11) is -5.67. The van der Waals surface area contributed by atoms with Gasteiger partial charge in [0.25, 0.3) is 22.9 Å². The molecule has 18 atom stereocenters. The van der Waals surface area contributed by atoms with E-state index in [1.165, 1.54) is 49.9 Å². The van der Waals surface area contributed by atoms with Crippen LogP contribution in [0, 0.1) is 25.0 Å². The number of aromatic nitrogens is 16. The normalized spacial score (nSPS) is 23.4. The highest BCUT2D eigenvalue weighted by Crippen LogP contribution is 2.58. The monoisotopic (exact) mass is 2060 g/mol. The van der Waals surface area contributed by atoms with E-state index in [0.717, 1.165) is 6.33 Å². The maximum Gasteiger partial charge on any atom is 0.506 e. The number of aromatic amines is 2. The highest BCUT2D eigenvalue weighted by atomic mass is 32.5. The third-order valence-corrected chi connectivity index (χ3v) is 37.2. The van der Waals surface area contributed by atoms with E-state index in [2.05, 4.69) is 90.8 Å². The number of benzene rings is 2. The van der Waals surface area contributed by atoms with Gasteiger partial charge in [-0.2, -0.15) is 9.97 Å². The molecule has 0 bridgehead atoms. The lowest BCUT2D eigenvalue weighted by molar-refractivity contribution is -0.119. The number of H-pyrrole nitrogens is 2. The zero-order chi connectivity index (χ0) is 100. The largest absolute Gasteiger partial charge is 0.506 e. The minimum absolute atomic E-state index is 0. The van der Waals surface area contributed by atoms with Crippen molar-refractivity contribution in [3.8, 4) is 0 Å². The number of hydrogen-bond acceptors (Lipinski definition) is 35. The van der Waals surface area contributed by atoms with Gasteiger partial charge in [0, 0.05) is 23.0 Å². The van der Waals surface area contributed by atoms with Crippen molar-refractivity contribution in [3.63, 3.8) is 0 Å².